The molecule has 1 atom stereocenters. The third-order valence-electron chi connectivity index (χ3n) is 2.20. The molecule has 80 valence electrons. The van der Waals surface area contributed by atoms with E-state index in [0.29, 0.717) is 0 Å². The summed E-state index contributed by atoms with van der Waals surface area (Å²) in [7, 11) is 0. The summed E-state index contributed by atoms with van der Waals surface area (Å²) in [4.78, 5) is 0. The van der Waals surface area contributed by atoms with Crippen molar-refractivity contribution in [3.05, 3.63) is 18.0 Å². The first-order valence-corrected chi connectivity index (χ1v) is 6.45. The van der Waals surface area contributed by atoms with Crippen molar-refractivity contribution in [3.63, 3.8) is 0 Å². The highest BCUT2D eigenvalue weighted by atomic mass is 32.2. The second-order valence-corrected chi connectivity index (χ2v) is 4.35. The van der Waals surface area contributed by atoms with Gasteiger partial charge in [-0.3, -0.25) is 4.68 Å². The number of thioether (sulfide) groups is 1. The lowest BCUT2D eigenvalue weighted by Gasteiger charge is -2.13. The van der Waals surface area contributed by atoms with Crippen molar-refractivity contribution in [2.24, 2.45) is 5.73 Å². The first-order valence-electron chi connectivity index (χ1n) is 5.05. The van der Waals surface area contributed by atoms with Gasteiger partial charge in [0.15, 0.2) is 0 Å². The number of aryl methyl sites for hydroxylation is 1. The van der Waals surface area contributed by atoms with E-state index in [2.05, 4.69) is 18.3 Å². The van der Waals surface area contributed by atoms with Crippen molar-refractivity contribution < 1.29 is 0 Å². The van der Waals surface area contributed by atoms with Crippen LogP contribution in [0.5, 0.6) is 0 Å². The maximum absolute atomic E-state index is 6.08. The van der Waals surface area contributed by atoms with Crippen LogP contribution in [0.1, 0.15) is 31.5 Å². The van der Waals surface area contributed by atoms with Crippen molar-refractivity contribution in [2.45, 2.75) is 32.4 Å². The maximum Gasteiger partial charge on any atom is 0.0551 e. The summed E-state index contributed by atoms with van der Waals surface area (Å²) in [6.45, 7) is 3.12. The summed E-state index contributed by atoms with van der Waals surface area (Å²) in [6, 6.07) is 2.16. The van der Waals surface area contributed by atoms with Gasteiger partial charge in [0.2, 0.25) is 0 Å². The largest absolute Gasteiger partial charge is 0.323 e. The zero-order valence-corrected chi connectivity index (χ0v) is 9.76. The van der Waals surface area contributed by atoms with Crippen molar-refractivity contribution in [3.8, 4) is 0 Å². The minimum atomic E-state index is 0.136. The van der Waals surface area contributed by atoms with E-state index in [0.717, 1.165) is 25.1 Å². The third kappa shape index (κ3) is 3.03. The molecule has 0 aliphatic heterocycles. The van der Waals surface area contributed by atoms with E-state index in [1.165, 1.54) is 5.69 Å². The molecule has 1 unspecified atom stereocenters. The van der Waals surface area contributed by atoms with Crippen LogP contribution < -0.4 is 5.73 Å². The molecular formula is C10H19N3S. The molecule has 0 radical (unpaired) electrons. The van der Waals surface area contributed by atoms with Crippen LogP contribution in [0.3, 0.4) is 0 Å². The zero-order valence-electron chi connectivity index (χ0n) is 8.94. The van der Waals surface area contributed by atoms with E-state index < -0.39 is 0 Å². The van der Waals surface area contributed by atoms with Crippen molar-refractivity contribution in [1.29, 1.82) is 0 Å². The minimum absolute atomic E-state index is 0.136. The van der Waals surface area contributed by atoms with Gasteiger partial charge in [0.1, 0.15) is 0 Å². The van der Waals surface area contributed by atoms with Crippen molar-refractivity contribution >= 4 is 11.8 Å². The normalized spacial score (nSPS) is 13.1. The van der Waals surface area contributed by atoms with Gasteiger partial charge in [-0.05, 0) is 30.9 Å². The van der Waals surface area contributed by atoms with Gasteiger partial charge in [-0.1, -0.05) is 6.92 Å². The monoisotopic (exact) mass is 213 g/mol. The molecule has 1 heterocycles. The minimum Gasteiger partial charge on any atom is -0.323 e. The lowest BCUT2D eigenvalue weighted by atomic mass is 10.2. The van der Waals surface area contributed by atoms with Gasteiger partial charge < -0.3 is 5.73 Å². The molecule has 0 bridgehead atoms. The molecule has 1 aromatic heterocycles. The highest BCUT2D eigenvalue weighted by molar-refractivity contribution is 7.98. The molecule has 0 aromatic carbocycles. The topological polar surface area (TPSA) is 43.8 Å². The third-order valence-corrected chi connectivity index (χ3v) is 2.84. The highest BCUT2D eigenvalue weighted by Gasteiger charge is 2.10. The Morgan fingerprint density at radius 2 is 2.43 bits per heavy atom. The number of hydrogen-bond acceptors (Lipinski definition) is 3. The van der Waals surface area contributed by atoms with E-state index >= 15 is 0 Å². The second kappa shape index (κ2) is 6.09. The Morgan fingerprint density at radius 3 is 3.07 bits per heavy atom. The molecule has 1 rings (SSSR count). The lowest BCUT2D eigenvalue weighted by molar-refractivity contribution is 0.534. The first kappa shape index (κ1) is 11.6. The molecule has 0 fully saturated rings. The number of nitrogens with two attached hydrogens (primary N) is 1. The number of nitrogens with zero attached hydrogens (tertiary/aromatic N) is 2. The molecule has 4 heteroatoms. The Labute approximate surface area is 90.1 Å². The summed E-state index contributed by atoms with van der Waals surface area (Å²) in [5.41, 5.74) is 7.25. The summed E-state index contributed by atoms with van der Waals surface area (Å²) in [5.74, 6) is 1.11. The number of aromatic nitrogens is 2. The van der Waals surface area contributed by atoms with Crippen molar-refractivity contribution in [1.82, 2.24) is 9.78 Å². The molecular weight excluding hydrogens is 194 g/mol. The molecule has 0 aliphatic carbocycles. The molecule has 0 saturated carbocycles. The molecule has 0 amide bonds. The lowest BCUT2D eigenvalue weighted by Crippen LogP contribution is -2.17. The van der Waals surface area contributed by atoms with Gasteiger partial charge in [0.25, 0.3) is 0 Å². The second-order valence-electron chi connectivity index (χ2n) is 3.37. The standard InChI is InChI=1S/C10H19N3S/c1-3-7-13-10(4-6-12-13)9(11)5-8-14-2/h4,6,9H,3,5,7-8,11H2,1-2H3. The molecule has 0 aliphatic rings. The maximum atomic E-state index is 6.08. The van der Waals surface area contributed by atoms with Crippen LogP contribution in [0.2, 0.25) is 0 Å². The zero-order chi connectivity index (χ0) is 10.4. The predicted molar refractivity (Wildman–Crippen MR) is 62.4 cm³/mol. The van der Waals surface area contributed by atoms with Gasteiger partial charge in [0, 0.05) is 18.8 Å². The van der Waals surface area contributed by atoms with Gasteiger partial charge in [0.05, 0.1) is 5.69 Å². The average molecular weight is 213 g/mol. The fourth-order valence-corrected chi connectivity index (χ4v) is 1.94. The predicted octanol–water partition coefficient (Wildman–Crippen LogP) is 2.05. The van der Waals surface area contributed by atoms with E-state index in [-0.39, 0.29) is 6.04 Å². The SMILES string of the molecule is CCCn1nccc1C(N)CCSC. The summed E-state index contributed by atoms with van der Waals surface area (Å²) in [5, 5.41) is 4.26. The molecule has 2 N–H and O–H groups in total. The summed E-state index contributed by atoms with van der Waals surface area (Å²) in [6.07, 6.45) is 6.07. The molecule has 0 saturated heterocycles. The Kier molecular flexibility index (Phi) is 5.04. The van der Waals surface area contributed by atoms with Crippen LogP contribution in [-0.2, 0) is 6.54 Å². The Hall–Kier alpha value is -0.480. The first-order chi connectivity index (χ1) is 6.79. The van der Waals surface area contributed by atoms with Crippen LogP contribution >= 0.6 is 11.8 Å². The Morgan fingerprint density at radius 1 is 1.64 bits per heavy atom. The summed E-state index contributed by atoms with van der Waals surface area (Å²) >= 11 is 1.84. The Bertz CT molecular complexity index is 260. The van der Waals surface area contributed by atoms with Gasteiger partial charge in [-0.2, -0.15) is 16.9 Å². The molecule has 0 spiro atoms. The van der Waals surface area contributed by atoms with Crippen LogP contribution in [0.25, 0.3) is 0 Å². The van der Waals surface area contributed by atoms with Crippen LogP contribution in [0.4, 0.5) is 0 Å². The number of hydrogen-bond donors (Lipinski definition) is 1. The van der Waals surface area contributed by atoms with Gasteiger partial charge in [-0.25, -0.2) is 0 Å². The van der Waals surface area contributed by atoms with E-state index in [4.69, 9.17) is 5.73 Å². The fourth-order valence-electron chi connectivity index (χ4n) is 1.45. The van der Waals surface area contributed by atoms with E-state index in [9.17, 15) is 0 Å². The van der Waals surface area contributed by atoms with E-state index in [1.807, 2.05) is 28.7 Å². The molecule has 3 nitrogen and oxygen atoms in total. The van der Waals surface area contributed by atoms with Crippen LogP contribution in [0.15, 0.2) is 12.3 Å². The molecule has 14 heavy (non-hydrogen) atoms. The molecule has 1 aromatic rings. The van der Waals surface area contributed by atoms with E-state index in [1.54, 1.807) is 0 Å². The Balaban J connectivity index is 2.58. The van der Waals surface area contributed by atoms with Crippen LogP contribution in [-0.4, -0.2) is 21.8 Å². The average Bonchev–Trinajstić information content (AvgIpc) is 2.63. The highest BCUT2D eigenvalue weighted by Crippen LogP contribution is 2.15. The quantitative estimate of drug-likeness (QED) is 0.786. The number of rotatable bonds is 6. The van der Waals surface area contributed by atoms with Crippen molar-refractivity contribution in [2.75, 3.05) is 12.0 Å². The van der Waals surface area contributed by atoms with Gasteiger partial charge in [-0.15, -0.1) is 0 Å². The van der Waals surface area contributed by atoms with Gasteiger partial charge >= 0.3 is 0 Å². The summed E-state index contributed by atoms with van der Waals surface area (Å²) < 4.78 is 2.02. The smallest absolute Gasteiger partial charge is 0.0551 e. The fraction of sp³-hybridized carbons (Fsp3) is 0.700. The van der Waals surface area contributed by atoms with Crippen LogP contribution in [0, 0.1) is 0 Å².